The number of nitrogens with two attached hydrogens (primary N) is 1. The number of halogens is 1. The lowest BCUT2D eigenvalue weighted by Crippen LogP contribution is -2.14. The van der Waals surface area contributed by atoms with Gasteiger partial charge in [-0.1, -0.05) is 6.07 Å². The van der Waals surface area contributed by atoms with Crippen LogP contribution >= 0.6 is 15.9 Å². The predicted octanol–water partition coefficient (Wildman–Crippen LogP) is 2.69. The van der Waals surface area contributed by atoms with Crippen molar-refractivity contribution >= 4 is 33.3 Å². The molecule has 19 heavy (non-hydrogen) atoms. The number of carbonyl (C=O) groups excluding carboxylic acids is 1. The van der Waals surface area contributed by atoms with Crippen molar-refractivity contribution in [1.29, 1.82) is 0 Å². The highest BCUT2D eigenvalue weighted by atomic mass is 79.9. The lowest BCUT2D eigenvalue weighted by atomic mass is 10.2. The summed E-state index contributed by atoms with van der Waals surface area (Å²) in [6, 6.07) is 9.04. The maximum atomic E-state index is 12.1. The molecule has 4 N–H and O–H groups in total. The van der Waals surface area contributed by atoms with Crippen molar-refractivity contribution in [2.75, 3.05) is 10.7 Å². The molecule has 0 aliphatic rings. The highest BCUT2D eigenvalue weighted by Crippen LogP contribution is 2.23. The summed E-state index contributed by atoms with van der Waals surface area (Å²) in [5, 5.41) is 2.83. The number of hydrogen-bond donors (Lipinski definition) is 3. The third-order valence-electron chi connectivity index (χ3n) is 2.54. The molecule has 6 heteroatoms. The Kier molecular flexibility index (Phi) is 4.13. The Morgan fingerprint density at radius 3 is 2.74 bits per heavy atom. The molecule has 2 aromatic rings. The Labute approximate surface area is 119 Å². The summed E-state index contributed by atoms with van der Waals surface area (Å²) in [6.45, 7) is 1.96. The van der Waals surface area contributed by atoms with Gasteiger partial charge in [0.05, 0.1) is 11.3 Å². The molecule has 1 aromatic carbocycles. The quantitative estimate of drug-likeness (QED) is 0.600. The molecule has 0 aliphatic heterocycles. The van der Waals surface area contributed by atoms with Gasteiger partial charge >= 0.3 is 0 Å². The highest BCUT2D eigenvalue weighted by Gasteiger charge is 2.09. The second kappa shape index (κ2) is 5.81. The molecule has 0 saturated heterocycles. The minimum atomic E-state index is -0.220. The van der Waals surface area contributed by atoms with E-state index >= 15 is 0 Å². The van der Waals surface area contributed by atoms with Crippen molar-refractivity contribution in [2.24, 2.45) is 5.84 Å². The number of nitrogen functional groups attached to an aromatic ring is 1. The van der Waals surface area contributed by atoms with Crippen LogP contribution in [0, 0.1) is 6.92 Å². The molecule has 0 fully saturated rings. The molecule has 98 valence electrons. The van der Waals surface area contributed by atoms with Crippen LogP contribution in [0.25, 0.3) is 0 Å². The topological polar surface area (TPSA) is 80.0 Å². The largest absolute Gasteiger partial charge is 0.321 e. The fourth-order valence-corrected chi connectivity index (χ4v) is 1.89. The molecule has 1 amide bonds. The van der Waals surface area contributed by atoms with E-state index in [0.29, 0.717) is 11.4 Å². The van der Waals surface area contributed by atoms with E-state index in [1.807, 2.05) is 25.1 Å². The van der Waals surface area contributed by atoms with Crippen molar-refractivity contribution in [3.63, 3.8) is 0 Å². The normalized spacial score (nSPS) is 10.1. The van der Waals surface area contributed by atoms with Gasteiger partial charge in [-0.25, -0.2) is 10.8 Å². The molecule has 0 radical (unpaired) electrons. The summed E-state index contributed by atoms with van der Waals surface area (Å²) in [7, 11) is 0. The molecule has 0 atom stereocenters. The summed E-state index contributed by atoms with van der Waals surface area (Å²) in [5.74, 6) is 5.50. The van der Waals surface area contributed by atoms with Crippen molar-refractivity contribution in [3.8, 4) is 0 Å². The van der Waals surface area contributed by atoms with Gasteiger partial charge in [0.2, 0.25) is 0 Å². The van der Waals surface area contributed by atoms with Crippen LogP contribution in [0.15, 0.2) is 41.0 Å². The van der Waals surface area contributed by atoms with Crippen molar-refractivity contribution in [1.82, 2.24) is 4.98 Å². The first-order valence-electron chi connectivity index (χ1n) is 5.60. The third kappa shape index (κ3) is 3.30. The van der Waals surface area contributed by atoms with Gasteiger partial charge in [-0.3, -0.25) is 4.79 Å². The number of carbonyl (C=O) groups is 1. The molecular formula is C13H13BrN4O. The number of benzene rings is 1. The molecule has 1 heterocycles. The van der Waals surface area contributed by atoms with Gasteiger partial charge in [-0.05, 0) is 52.7 Å². The van der Waals surface area contributed by atoms with Crippen LogP contribution in [0.2, 0.25) is 0 Å². The number of aryl methyl sites for hydroxylation is 1. The summed E-state index contributed by atoms with van der Waals surface area (Å²) in [4.78, 5) is 16.0. The molecule has 0 spiro atoms. The first-order chi connectivity index (χ1) is 9.10. The fraction of sp³-hybridized carbons (Fsp3) is 0.0769. The van der Waals surface area contributed by atoms with E-state index in [1.165, 1.54) is 6.20 Å². The Morgan fingerprint density at radius 2 is 2.11 bits per heavy atom. The molecule has 0 saturated carbocycles. The van der Waals surface area contributed by atoms with Gasteiger partial charge in [0.15, 0.2) is 0 Å². The first-order valence-corrected chi connectivity index (χ1v) is 6.39. The molecule has 5 nitrogen and oxygen atoms in total. The van der Waals surface area contributed by atoms with Gasteiger partial charge in [0, 0.05) is 10.7 Å². The summed E-state index contributed by atoms with van der Waals surface area (Å²) in [5.41, 5.74) is 4.67. The van der Waals surface area contributed by atoms with Crippen LogP contribution in [0.1, 0.15) is 15.9 Å². The van der Waals surface area contributed by atoms with Crippen LogP contribution in [-0.4, -0.2) is 10.9 Å². The summed E-state index contributed by atoms with van der Waals surface area (Å²) >= 11 is 3.40. The standard InChI is InChI=1S/C13H13BrN4O/c1-8-2-4-10(14)11(6-8)17-13(19)9-3-5-12(18-15)16-7-9/h2-7H,15H2,1H3,(H,16,18)(H,17,19). The van der Waals surface area contributed by atoms with Gasteiger partial charge in [0.25, 0.3) is 5.91 Å². The van der Waals surface area contributed by atoms with E-state index in [-0.39, 0.29) is 5.91 Å². The highest BCUT2D eigenvalue weighted by molar-refractivity contribution is 9.10. The van der Waals surface area contributed by atoms with Gasteiger partial charge < -0.3 is 10.7 Å². The smallest absolute Gasteiger partial charge is 0.257 e. The lowest BCUT2D eigenvalue weighted by Gasteiger charge is -2.08. The summed E-state index contributed by atoms with van der Waals surface area (Å²) < 4.78 is 0.833. The van der Waals surface area contributed by atoms with Crippen molar-refractivity contribution < 1.29 is 4.79 Å². The van der Waals surface area contributed by atoms with Crippen LogP contribution in [0.4, 0.5) is 11.5 Å². The zero-order chi connectivity index (χ0) is 13.8. The Morgan fingerprint density at radius 1 is 1.32 bits per heavy atom. The number of hydrogen-bond acceptors (Lipinski definition) is 4. The van der Waals surface area contributed by atoms with Gasteiger partial charge in [-0.15, -0.1) is 0 Å². The minimum Gasteiger partial charge on any atom is -0.321 e. The van der Waals surface area contributed by atoms with Gasteiger partial charge in [-0.2, -0.15) is 0 Å². The van der Waals surface area contributed by atoms with Crippen LogP contribution in [0.5, 0.6) is 0 Å². The molecule has 0 unspecified atom stereocenters. The van der Waals surface area contributed by atoms with Crippen molar-refractivity contribution in [3.05, 3.63) is 52.1 Å². The zero-order valence-electron chi connectivity index (χ0n) is 10.3. The fourth-order valence-electron chi connectivity index (χ4n) is 1.54. The van der Waals surface area contributed by atoms with Crippen LogP contribution in [0.3, 0.4) is 0 Å². The molecule has 1 aromatic heterocycles. The average Bonchev–Trinajstić information content (AvgIpc) is 2.43. The number of rotatable bonds is 3. The van der Waals surface area contributed by atoms with E-state index < -0.39 is 0 Å². The SMILES string of the molecule is Cc1ccc(Br)c(NC(=O)c2ccc(NN)nc2)c1. The van der Waals surface area contributed by atoms with E-state index in [2.05, 4.69) is 31.7 Å². The summed E-state index contributed by atoms with van der Waals surface area (Å²) in [6.07, 6.45) is 1.47. The minimum absolute atomic E-state index is 0.220. The number of anilines is 2. The van der Waals surface area contributed by atoms with E-state index in [0.717, 1.165) is 15.7 Å². The van der Waals surface area contributed by atoms with Crippen molar-refractivity contribution in [2.45, 2.75) is 6.92 Å². The number of pyridine rings is 1. The molecule has 0 bridgehead atoms. The Bertz CT molecular complexity index is 598. The number of nitrogens with one attached hydrogen (secondary N) is 2. The average molecular weight is 321 g/mol. The Hall–Kier alpha value is -1.92. The number of amides is 1. The molecule has 2 rings (SSSR count). The monoisotopic (exact) mass is 320 g/mol. The zero-order valence-corrected chi connectivity index (χ0v) is 11.9. The maximum Gasteiger partial charge on any atom is 0.257 e. The van der Waals surface area contributed by atoms with Gasteiger partial charge in [0.1, 0.15) is 5.82 Å². The number of hydrazine groups is 1. The lowest BCUT2D eigenvalue weighted by molar-refractivity contribution is 0.102. The maximum absolute atomic E-state index is 12.1. The van der Waals surface area contributed by atoms with E-state index in [9.17, 15) is 4.79 Å². The first kappa shape index (κ1) is 13.5. The second-order valence-electron chi connectivity index (χ2n) is 4.01. The number of aromatic nitrogens is 1. The van der Waals surface area contributed by atoms with E-state index in [4.69, 9.17) is 5.84 Å². The predicted molar refractivity (Wildman–Crippen MR) is 78.9 cm³/mol. The number of nitrogens with zero attached hydrogens (tertiary/aromatic N) is 1. The Balaban J connectivity index is 2.18. The van der Waals surface area contributed by atoms with Crippen LogP contribution in [-0.2, 0) is 0 Å². The molecule has 0 aliphatic carbocycles. The second-order valence-corrected chi connectivity index (χ2v) is 4.87. The molecular weight excluding hydrogens is 308 g/mol. The third-order valence-corrected chi connectivity index (χ3v) is 3.24. The van der Waals surface area contributed by atoms with Crippen LogP contribution < -0.4 is 16.6 Å². The van der Waals surface area contributed by atoms with E-state index in [1.54, 1.807) is 12.1 Å².